The van der Waals surface area contributed by atoms with Gasteiger partial charge in [-0.25, -0.2) is 0 Å². The molecule has 0 saturated heterocycles. The summed E-state index contributed by atoms with van der Waals surface area (Å²) in [6.07, 6.45) is 97.8. The third-order valence-corrected chi connectivity index (χ3v) is 15.0. The molecule has 0 aromatic rings. The first kappa shape index (κ1) is 78.8. The molecular weight excluding hydrogens is 1020 g/mol. The molecule has 0 fully saturated rings. The Hall–Kier alpha value is -4.19. The topological polar surface area (TPSA) is 78.9 Å². The smallest absolute Gasteiger partial charge is 0.306 e. The summed E-state index contributed by atoms with van der Waals surface area (Å²) in [6.45, 7) is 6.53. The summed E-state index contributed by atoms with van der Waals surface area (Å²) >= 11 is 0. The lowest BCUT2D eigenvalue weighted by Gasteiger charge is -2.18. The average molecular weight is 1150 g/mol. The highest BCUT2D eigenvalue weighted by atomic mass is 16.6. The minimum atomic E-state index is -0.793. The second kappa shape index (κ2) is 70.3. The highest BCUT2D eigenvalue weighted by Crippen LogP contribution is 2.16. The molecule has 0 aliphatic rings. The summed E-state index contributed by atoms with van der Waals surface area (Å²) < 4.78 is 17.0. The molecule has 0 N–H and O–H groups in total. The lowest BCUT2D eigenvalue weighted by molar-refractivity contribution is -0.167. The Bertz CT molecular complexity index is 1700. The van der Waals surface area contributed by atoms with Gasteiger partial charge < -0.3 is 14.2 Å². The van der Waals surface area contributed by atoms with E-state index in [-0.39, 0.29) is 31.1 Å². The first-order chi connectivity index (χ1) is 41.0. The number of hydrogen-bond donors (Lipinski definition) is 0. The van der Waals surface area contributed by atoms with Crippen LogP contribution in [0.4, 0.5) is 0 Å². The van der Waals surface area contributed by atoms with Gasteiger partial charge in [0.2, 0.25) is 0 Å². The molecule has 0 saturated carbocycles. The number of rotatable bonds is 63. The van der Waals surface area contributed by atoms with Crippen molar-refractivity contribution in [1.82, 2.24) is 0 Å². The summed E-state index contributed by atoms with van der Waals surface area (Å²) in [5.74, 6) is -0.899. The Morgan fingerprint density at radius 2 is 0.470 bits per heavy atom. The van der Waals surface area contributed by atoms with Crippen molar-refractivity contribution in [3.05, 3.63) is 122 Å². The molecule has 1 atom stereocenters. The van der Waals surface area contributed by atoms with Crippen LogP contribution in [0.3, 0.4) is 0 Å². The van der Waals surface area contributed by atoms with Gasteiger partial charge in [0.1, 0.15) is 13.2 Å². The summed E-state index contributed by atoms with van der Waals surface area (Å²) in [5, 5.41) is 0. The standard InChI is InChI=1S/C77H130O6/c1-4-7-10-13-16-19-22-25-28-30-32-34-35-36-37-38-39-40-41-43-44-46-49-52-55-58-61-64-67-70-76(79)82-73-74(72-81-75(78)69-66-63-60-57-54-51-48-27-24-21-18-15-12-9-6-3)83-77(80)71-68-65-62-59-56-53-50-47-45-42-33-31-29-26-23-20-17-14-11-8-5-2/h7,10,16,19,23,25-26,28,31-34,36-37,39-40,43-45,47,74H,4-6,8-9,11-15,17-18,20-22,24,27,29-30,35,38,41-42,46,48-73H2,1-3H3/b10-7-,19-16-,26-23-,28-25-,33-31-,34-32-,37-36-,40-39-,44-43-,47-45-. The zero-order valence-electron chi connectivity index (χ0n) is 54.4. The van der Waals surface area contributed by atoms with Crippen LogP contribution in [0.2, 0.25) is 0 Å². The Labute approximate surface area is 513 Å². The summed E-state index contributed by atoms with van der Waals surface area (Å²) in [5.41, 5.74) is 0. The van der Waals surface area contributed by atoms with E-state index >= 15 is 0 Å². The van der Waals surface area contributed by atoms with Gasteiger partial charge in [-0.2, -0.15) is 0 Å². The third-order valence-electron chi connectivity index (χ3n) is 15.0. The first-order valence-electron chi connectivity index (χ1n) is 35.0. The van der Waals surface area contributed by atoms with E-state index in [2.05, 4.69) is 142 Å². The normalized spacial score (nSPS) is 12.9. The highest BCUT2D eigenvalue weighted by molar-refractivity contribution is 5.71. The molecule has 0 bridgehead atoms. The van der Waals surface area contributed by atoms with Crippen LogP contribution in [-0.2, 0) is 28.6 Å². The molecule has 0 heterocycles. The maximum absolute atomic E-state index is 13.0. The molecule has 83 heavy (non-hydrogen) atoms. The number of hydrogen-bond acceptors (Lipinski definition) is 6. The lowest BCUT2D eigenvalue weighted by Crippen LogP contribution is -2.30. The molecule has 474 valence electrons. The monoisotopic (exact) mass is 1150 g/mol. The van der Waals surface area contributed by atoms with Crippen LogP contribution in [0.25, 0.3) is 0 Å². The van der Waals surface area contributed by atoms with Gasteiger partial charge in [0, 0.05) is 19.3 Å². The van der Waals surface area contributed by atoms with Crippen LogP contribution < -0.4 is 0 Å². The van der Waals surface area contributed by atoms with Crippen molar-refractivity contribution in [2.75, 3.05) is 13.2 Å². The number of allylic oxidation sites excluding steroid dienone is 20. The van der Waals surface area contributed by atoms with E-state index in [1.807, 2.05) is 0 Å². The molecule has 0 rings (SSSR count). The zero-order chi connectivity index (χ0) is 59.9. The predicted molar refractivity (Wildman–Crippen MR) is 362 cm³/mol. The maximum atomic E-state index is 13.0. The fraction of sp³-hybridized carbons (Fsp3) is 0.701. The highest BCUT2D eigenvalue weighted by Gasteiger charge is 2.19. The molecule has 1 unspecified atom stereocenters. The number of carbonyl (C=O) groups excluding carboxylic acids is 3. The number of carbonyl (C=O) groups is 3. The fourth-order valence-corrected chi connectivity index (χ4v) is 9.73. The van der Waals surface area contributed by atoms with E-state index in [9.17, 15) is 14.4 Å². The van der Waals surface area contributed by atoms with E-state index < -0.39 is 6.10 Å². The Morgan fingerprint density at radius 3 is 0.735 bits per heavy atom. The minimum Gasteiger partial charge on any atom is -0.462 e. The van der Waals surface area contributed by atoms with Crippen molar-refractivity contribution in [3.8, 4) is 0 Å². The van der Waals surface area contributed by atoms with Crippen LogP contribution in [0.1, 0.15) is 329 Å². The van der Waals surface area contributed by atoms with Crippen molar-refractivity contribution in [2.24, 2.45) is 0 Å². The fourth-order valence-electron chi connectivity index (χ4n) is 9.73. The van der Waals surface area contributed by atoms with E-state index in [1.54, 1.807) is 0 Å². The van der Waals surface area contributed by atoms with Gasteiger partial charge in [0.15, 0.2) is 6.10 Å². The third kappa shape index (κ3) is 68.5. The Kier molecular flexibility index (Phi) is 66.7. The zero-order valence-corrected chi connectivity index (χ0v) is 54.4. The van der Waals surface area contributed by atoms with Gasteiger partial charge in [0.25, 0.3) is 0 Å². The van der Waals surface area contributed by atoms with Crippen molar-refractivity contribution < 1.29 is 28.6 Å². The minimum absolute atomic E-state index is 0.0861. The van der Waals surface area contributed by atoms with Crippen molar-refractivity contribution in [2.45, 2.75) is 335 Å². The molecule has 0 amide bonds. The number of ether oxygens (including phenoxy) is 3. The van der Waals surface area contributed by atoms with Crippen LogP contribution >= 0.6 is 0 Å². The van der Waals surface area contributed by atoms with Gasteiger partial charge in [-0.15, -0.1) is 0 Å². The SMILES string of the molecule is CC/C=C\C/C=C\C/C=C\C/C=C\C/C=C\C/C=C\C/C=C\CCCCCCCCCC(=O)OCC(COC(=O)CCCCCCCCCCCCCCCCC)OC(=O)CCCCCCCC/C=C\C/C=C\C/C=C\CCCCCCC. The largest absolute Gasteiger partial charge is 0.462 e. The molecule has 6 nitrogen and oxygen atoms in total. The number of unbranched alkanes of at least 4 members (excludes halogenated alkanes) is 32. The number of esters is 3. The van der Waals surface area contributed by atoms with Gasteiger partial charge >= 0.3 is 17.9 Å². The molecular formula is C77H130O6. The lowest BCUT2D eigenvalue weighted by atomic mass is 10.0. The first-order valence-corrected chi connectivity index (χ1v) is 35.0. The Morgan fingerprint density at radius 1 is 0.253 bits per heavy atom. The second-order valence-electron chi connectivity index (χ2n) is 23.1. The van der Waals surface area contributed by atoms with Gasteiger partial charge in [-0.1, -0.05) is 316 Å². The Balaban J connectivity index is 4.39. The van der Waals surface area contributed by atoms with Crippen LogP contribution in [-0.4, -0.2) is 37.2 Å². The summed E-state index contributed by atoms with van der Waals surface area (Å²) in [4.78, 5) is 38.5. The van der Waals surface area contributed by atoms with Crippen molar-refractivity contribution in [3.63, 3.8) is 0 Å². The van der Waals surface area contributed by atoms with Gasteiger partial charge in [-0.05, 0) is 116 Å². The molecule has 0 aliphatic heterocycles. The maximum Gasteiger partial charge on any atom is 0.306 e. The van der Waals surface area contributed by atoms with E-state index in [0.717, 1.165) is 135 Å². The molecule has 0 radical (unpaired) electrons. The quantitative estimate of drug-likeness (QED) is 0.0261. The van der Waals surface area contributed by atoms with Crippen molar-refractivity contribution in [1.29, 1.82) is 0 Å². The van der Waals surface area contributed by atoms with Crippen LogP contribution in [0.5, 0.6) is 0 Å². The summed E-state index contributed by atoms with van der Waals surface area (Å²) in [6, 6.07) is 0. The molecule has 0 aromatic carbocycles. The van der Waals surface area contributed by atoms with Crippen LogP contribution in [0.15, 0.2) is 122 Å². The molecule has 6 heteroatoms. The second-order valence-corrected chi connectivity index (χ2v) is 23.1. The van der Waals surface area contributed by atoms with Gasteiger partial charge in [0.05, 0.1) is 0 Å². The van der Waals surface area contributed by atoms with Crippen molar-refractivity contribution >= 4 is 17.9 Å². The molecule has 0 aliphatic carbocycles. The van der Waals surface area contributed by atoms with Crippen LogP contribution in [0, 0.1) is 0 Å². The molecule has 0 aromatic heterocycles. The average Bonchev–Trinajstić information content (AvgIpc) is 3.49. The van der Waals surface area contributed by atoms with E-state index in [1.165, 1.54) is 154 Å². The van der Waals surface area contributed by atoms with E-state index in [0.29, 0.717) is 19.3 Å². The predicted octanol–water partition coefficient (Wildman–Crippen LogP) is 24.3. The van der Waals surface area contributed by atoms with Gasteiger partial charge in [-0.3, -0.25) is 14.4 Å². The van der Waals surface area contributed by atoms with E-state index in [4.69, 9.17) is 14.2 Å². The molecule has 0 spiro atoms. The summed E-state index contributed by atoms with van der Waals surface area (Å²) in [7, 11) is 0.